The lowest BCUT2D eigenvalue weighted by molar-refractivity contribution is 0.474. The number of nitrogens with zero attached hydrogens (tertiary/aromatic N) is 1. The van der Waals surface area contributed by atoms with Crippen molar-refractivity contribution in [1.82, 2.24) is 0 Å². The molecule has 0 aromatic heterocycles. The lowest BCUT2D eigenvalue weighted by Crippen LogP contribution is -1.83. The number of rotatable bonds is 2. The molecule has 0 aliphatic rings. The van der Waals surface area contributed by atoms with Crippen LogP contribution < -0.4 is 0 Å². The molecule has 0 amide bonds. The minimum absolute atomic E-state index is 0.225. The van der Waals surface area contributed by atoms with Crippen molar-refractivity contribution in [2.75, 3.05) is 0 Å². The van der Waals surface area contributed by atoms with Gasteiger partial charge in [-0.2, -0.15) is 5.26 Å². The van der Waals surface area contributed by atoms with Gasteiger partial charge in [-0.05, 0) is 46.3 Å². The zero-order valence-corrected chi connectivity index (χ0v) is 11.1. The van der Waals surface area contributed by atoms with Gasteiger partial charge in [0.15, 0.2) is 0 Å². The lowest BCUT2D eigenvalue weighted by atomic mass is 10.2. The van der Waals surface area contributed by atoms with E-state index in [1.165, 1.54) is 11.8 Å². The number of hydrogen-bond donors (Lipinski definition) is 1. The molecule has 4 heteroatoms. The highest BCUT2D eigenvalue weighted by molar-refractivity contribution is 9.10. The van der Waals surface area contributed by atoms with Gasteiger partial charge in [0.1, 0.15) is 11.8 Å². The van der Waals surface area contributed by atoms with Crippen LogP contribution in [0.5, 0.6) is 5.75 Å². The Labute approximate surface area is 112 Å². The summed E-state index contributed by atoms with van der Waals surface area (Å²) < 4.78 is 0.783. The minimum atomic E-state index is 0.225. The van der Waals surface area contributed by atoms with Crippen molar-refractivity contribution in [1.29, 1.82) is 5.26 Å². The summed E-state index contributed by atoms with van der Waals surface area (Å²) in [5.41, 5.74) is 0.612. The van der Waals surface area contributed by atoms with Crippen molar-refractivity contribution < 1.29 is 5.11 Å². The third-order valence-electron chi connectivity index (χ3n) is 2.13. The maximum Gasteiger partial charge on any atom is 0.116 e. The van der Waals surface area contributed by atoms with Crippen molar-refractivity contribution in [2.24, 2.45) is 0 Å². The Kier molecular flexibility index (Phi) is 3.72. The molecule has 0 aliphatic carbocycles. The van der Waals surface area contributed by atoms with E-state index in [1.54, 1.807) is 18.2 Å². The zero-order chi connectivity index (χ0) is 12.3. The summed E-state index contributed by atoms with van der Waals surface area (Å²) in [5, 5.41) is 18.5. The summed E-state index contributed by atoms with van der Waals surface area (Å²) in [6, 6.07) is 14.7. The second-order valence-corrected chi connectivity index (χ2v) is 5.29. The van der Waals surface area contributed by atoms with Crippen molar-refractivity contribution in [3.05, 3.63) is 52.5 Å². The second-order valence-electron chi connectivity index (χ2n) is 3.32. The molecular weight excluding hydrogens is 298 g/mol. The number of aromatic hydroxyl groups is 1. The summed E-state index contributed by atoms with van der Waals surface area (Å²) in [7, 11) is 0. The molecule has 0 spiro atoms. The van der Waals surface area contributed by atoms with Gasteiger partial charge in [-0.1, -0.05) is 23.9 Å². The van der Waals surface area contributed by atoms with Gasteiger partial charge in [0.2, 0.25) is 0 Å². The zero-order valence-electron chi connectivity index (χ0n) is 8.72. The molecule has 2 rings (SSSR count). The predicted octanol–water partition coefficient (Wildman–Crippen LogP) is 4.18. The number of phenolic OH excluding ortho intramolecular Hbond substituents is 1. The van der Waals surface area contributed by atoms with Crippen molar-refractivity contribution in [2.45, 2.75) is 9.79 Å². The Balaban J connectivity index is 2.37. The predicted molar refractivity (Wildman–Crippen MR) is 71.1 cm³/mol. The summed E-state index contributed by atoms with van der Waals surface area (Å²) in [5.74, 6) is 0.225. The average molecular weight is 306 g/mol. The molecule has 84 valence electrons. The van der Waals surface area contributed by atoms with Gasteiger partial charge in [-0.15, -0.1) is 0 Å². The van der Waals surface area contributed by atoms with Crippen molar-refractivity contribution in [3.8, 4) is 11.8 Å². The minimum Gasteiger partial charge on any atom is -0.508 e. The molecule has 17 heavy (non-hydrogen) atoms. The average Bonchev–Trinajstić information content (AvgIpc) is 2.29. The van der Waals surface area contributed by atoms with Crippen LogP contribution in [0.2, 0.25) is 0 Å². The van der Waals surface area contributed by atoms with Crippen LogP contribution in [0.15, 0.2) is 56.7 Å². The molecule has 0 aliphatic heterocycles. The summed E-state index contributed by atoms with van der Waals surface area (Å²) in [6.07, 6.45) is 0. The van der Waals surface area contributed by atoms with Crippen LogP contribution >= 0.6 is 27.7 Å². The van der Waals surface area contributed by atoms with Crippen LogP contribution in [0.3, 0.4) is 0 Å². The Hall–Kier alpha value is -1.44. The smallest absolute Gasteiger partial charge is 0.116 e. The normalized spacial score (nSPS) is 9.88. The van der Waals surface area contributed by atoms with Gasteiger partial charge in [-0.25, -0.2) is 0 Å². The van der Waals surface area contributed by atoms with Crippen LogP contribution in [0.25, 0.3) is 0 Å². The molecule has 2 aromatic carbocycles. The number of benzene rings is 2. The molecule has 2 nitrogen and oxygen atoms in total. The molecule has 0 heterocycles. The van der Waals surface area contributed by atoms with Gasteiger partial charge in [0, 0.05) is 14.3 Å². The molecule has 0 saturated heterocycles. The third-order valence-corrected chi connectivity index (χ3v) is 3.84. The first-order chi connectivity index (χ1) is 8.20. The van der Waals surface area contributed by atoms with E-state index in [0.717, 1.165) is 14.3 Å². The van der Waals surface area contributed by atoms with E-state index in [0.29, 0.717) is 5.56 Å². The van der Waals surface area contributed by atoms with Crippen molar-refractivity contribution >= 4 is 27.7 Å². The molecule has 0 unspecified atom stereocenters. The number of hydrogen-bond acceptors (Lipinski definition) is 3. The fourth-order valence-electron chi connectivity index (χ4n) is 1.37. The summed E-state index contributed by atoms with van der Waals surface area (Å²) >= 11 is 4.80. The van der Waals surface area contributed by atoms with Crippen LogP contribution in [-0.2, 0) is 0 Å². The fraction of sp³-hybridized carbons (Fsp3) is 0. The molecular formula is C13H8BrNOS. The monoisotopic (exact) mass is 305 g/mol. The molecule has 2 aromatic rings. The van der Waals surface area contributed by atoms with E-state index >= 15 is 0 Å². The second kappa shape index (κ2) is 5.26. The van der Waals surface area contributed by atoms with E-state index in [9.17, 15) is 5.11 Å². The standard InChI is InChI=1S/C13H8BrNOS/c14-12-5-2-6-13(11(12)8-15)17-10-4-1-3-9(16)7-10/h1-7,16H. The van der Waals surface area contributed by atoms with Crippen LogP contribution in [0.4, 0.5) is 0 Å². The first-order valence-electron chi connectivity index (χ1n) is 4.86. The highest BCUT2D eigenvalue weighted by Crippen LogP contribution is 2.34. The maximum absolute atomic E-state index is 9.38. The third kappa shape index (κ3) is 2.82. The van der Waals surface area contributed by atoms with Crippen LogP contribution in [0.1, 0.15) is 5.56 Å². The van der Waals surface area contributed by atoms with Gasteiger partial charge < -0.3 is 5.11 Å². The first kappa shape index (κ1) is 12.0. The van der Waals surface area contributed by atoms with E-state index in [4.69, 9.17) is 5.26 Å². The van der Waals surface area contributed by atoms with E-state index in [2.05, 4.69) is 22.0 Å². The molecule has 0 saturated carbocycles. The van der Waals surface area contributed by atoms with Crippen molar-refractivity contribution in [3.63, 3.8) is 0 Å². The molecule has 0 fully saturated rings. The maximum atomic E-state index is 9.38. The molecule has 0 radical (unpaired) electrons. The Morgan fingerprint density at radius 2 is 1.94 bits per heavy atom. The fourth-order valence-corrected chi connectivity index (χ4v) is 2.94. The van der Waals surface area contributed by atoms with Gasteiger partial charge in [0.25, 0.3) is 0 Å². The summed E-state index contributed by atoms with van der Waals surface area (Å²) in [4.78, 5) is 1.77. The van der Waals surface area contributed by atoms with Crippen LogP contribution in [0, 0.1) is 11.3 Å². The summed E-state index contributed by atoms with van der Waals surface area (Å²) in [6.45, 7) is 0. The molecule has 1 N–H and O–H groups in total. The van der Waals surface area contributed by atoms with Gasteiger partial charge in [0.05, 0.1) is 5.56 Å². The van der Waals surface area contributed by atoms with E-state index in [1.807, 2.05) is 24.3 Å². The highest BCUT2D eigenvalue weighted by Gasteiger charge is 2.07. The Morgan fingerprint density at radius 1 is 1.18 bits per heavy atom. The SMILES string of the molecule is N#Cc1c(Br)cccc1Sc1cccc(O)c1. The van der Waals surface area contributed by atoms with E-state index < -0.39 is 0 Å². The highest BCUT2D eigenvalue weighted by atomic mass is 79.9. The Bertz CT molecular complexity index is 592. The molecule has 0 atom stereocenters. The van der Waals surface area contributed by atoms with Gasteiger partial charge >= 0.3 is 0 Å². The first-order valence-corrected chi connectivity index (χ1v) is 6.47. The Morgan fingerprint density at radius 3 is 2.65 bits per heavy atom. The van der Waals surface area contributed by atoms with Crippen LogP contribution in [-0.4, -0.2) is 5.11 Å². The largest absolute Gasteiger partial charge is 0.508 e. The van der Waals surface area contributed by atoms with Gasteiger partial charge in [-0.3, -0.25) is 0 Å². The number of halogens is 1. The number of nitriles is 1. The molecule has 0 bridgehead atoms. The van der Waals surface area contributed by atoms with E-state index in [-0.39, 0.29) is 5.75 Å². The lowest BCUT2D eigenvalue weighted by Gasteiger charge is -2.05. The topological polar surface area (TPSA) is 44.0 Å². The number of phenols is 1. The quantitative estimate of drug-likeness (QED) is 0.905.